The highest BCUT2D eigenvalue weighted by Gasteiger charge is 2.17. The number of benzene rings is 1. The SMILES string of the molecule is COc1ccc(-n2nnc(C(=O)NCc3ccncc3)c2C)cc1. The monoisotopic (exact) mass is 323 g/mol. The smallest absolute Gasteiger partial charge is 0.274 e. The van der Waals surface area contributed by atoms with Crippen molar-refractivity contribution in [3.8, 4) is 11.4 Å². The van der Waals surface area contributed by atoms with Crippen molar-refractivity contribution < 1.29 is 9.53 Å². The van der Waals surface area contributed by atoms with Gasteiger partial charge in [0.05, 0.1) is 18.5 Å². The van der Waals surface area contributed by atoms with E-state index in [0.717, 1.165) is 17.0 Å². The van der Waals surface area contributed by atoms with E-state index in [-0.39, 0.29) is 5.91 Å². The van der Waals surface area contributed by atoms with Crippen LogP contribution >= 0.6 is 0 Å². The summed E-state index contributed by atoms with van der Waals surface area (Å²) in [7, 11) is 1.61. The molecule has 2 heterocycles. The summed E-state index contributed by atoms with van der Waals surface area (Å²) < 4.78 is 6.76. The number of amides is 1. The van der Waals surface area contributed by atoms with E-state index in [2.05, 4.69) is 20.6 Å². The van der Waals surface area contributed by atoms with Crippen LogP contribution in [0.25, 0.3) is 5.69 Å². The maximum Gasteiger partial charge on any atom is 0.274 e. The Morgan fingerprint density at radius 2 is 1.88 bits per heavy atom. The number of nitrogens with one attached hydrogen (secondary N) is 1. The van der Waals surface area contributed by atoms with Gasteiger partial charge in [0.15, 0.2) is 5.69 Å². The third-order valence-corrected chi connectivity index (χ3v) is 3.63. The molecule has 0 aliphatic rings. The third-order valence-electron chi connectivity index (χ3n) is 3.63. The number of pyridine rings is 1. The lowest BCUT2D eigenvalue weighted by molar-refractivity contribution is 0.0945. The maximum atomic E-state index is 12.3. The number of carbonyl (C=O) groups excluding carboxylic acids is 1. The maximum absolute atomic E-state index is 12.3. The van der Waals surface area contributed by atoms with Crippen molar-refractivity contribution in [3.63, 3.8) is 0 Å². The third kappa shape index (κ3) is 3.24. The molecule has 7 nitrogen and oxygen atoms in total. The van der Waals surface area contributed by atoms with Crippen molar-refractivity contribution >= 4 is 5.91 Å². The minimum atomic E-state index is -0.260. The summed E-state index contributed by atoms with van der Waals surface area (Å²) in [4.78, 5) is 16.3. The van der Waals surface area contributed by atoms with Gasteiger partial charge in [-0.1, -0.05) is 5.21 Å². The van der Waals surface area contributed by atoms with E-state index < -0.39 is 0 Å². The minimum Gasteiger partial charge on any atom is -0.497 e. The second-order valence-corrected chi connectivity index (χ2v) is 5.17. The fourth-order valence-corrected chi connectivity index (χ4v) is 2.27. The predicted octanol–water partition coefficient (Wildman–Crippen LogP) is 1.91. The number of hydrogen-bond donors (Lipinski definition) is 1. The molecular formula is C17H17N5O2. The van der Waals surface area contributed by atoms with Gasteiger partial charge >= 0.3 is 0 Å². The topological polar surface area (TPSA) is 81.9 Å². The largest absolute Gasteiger partial charge is 0.497 e. The summed E-state index contributed by atoms with van der Waals surface area (Å²) in [6.07, 6.45) is 3.37. The van der Waals surface area contributed by atoms with Gasteiger partial charge < -0.3 is 10.1 Å². The van der Waals surface area contributed by atoms with Gasteiger partial charge in [-0.25, -0.2) is 4.68 Å². The molecule has 0 aliphatic heterocycles. The molecule has 0 bridgehead atoms. The molecule has 1 amide bonds. The first-order chi connectivity index (χ1) is 11.7. The Kier molecular flexibility index (Phi) is 4.51. The van der Waals surface area contributed by atoms with Crippen LogP contribution in [0.5, 0.6) is 5.75 Å². The van der Waals surface area contributed by atoms with Crippen molar-refractivity contribution in [1.82, 2.24) is 25.3 Å². The molecule has 122 valence electrons. The van der Waals surface area contributed by atoms with Crippen molar-refractivity contribution in [2.45, 2.75) is 13.5 Å². The molecule has 2 aromatic heterocycles. The van der Waals surface area contributed by atoms with Gasteiger partial charge in [-0.05, 0) is 48.9 Å². The molecule has 24 heavy (non-hydrogen) atoms. The highest BCUT2D eigenvalue weighted by atomic mass is 16.5. The van der Waals surface area contributed by atoms with E-state index in [1.165, 1.54) is 0 Å². The first-order valence-electron chi connectivity index (χ1n) is 7.43. The average molecular weight is 323 g/mol. The van der Waals surface area contributed by atoms with Gasteiger partial charge in [-0.15, -0.1) is 5.10 Å². The number of methoxy groups -OCH3 is 1. The van der Waals surface area contributed by atoms with Gasteiger partial charge in [-0.3, -0.25) is 9.78 Å². The van der Waals surface area contributed by atoms with E-state index in [1.54, 1.807) is 24.2 Å². The zero-order valence-corrected chi connectivity index (χ0v) is 13.4. The number of aromatic nitrogens is 4. The van der Waals surface area contributed by atoms with Crippen LogP contribution in [0.4, 0.5) is 0 Å². The normalized spacial score (nSPS) is 10.4. The average Bonchev–Trinajstić information content (AvgIpc) is 3.02. The number of rotatable bonds is 5. The van der Waals surface area contributed by atoms with Crippen LogP contribution in [0.3, 0.4) is 0 Å². The van der Waals surface area contributed by atoms with Gasteiger partial charge in [0.25, 0.3) is 5.91 Å². The van der Waals surface area contributed by atoms with Crippen molar-refractivity contribution in [2.24, 2.45) is 0 Å². The van der Waals surface area contributed by atoms with Crippen LogP contribution < -0.4 is 10.1 Å². The molecule has 0 fully saturated rings. The molecule has 1 N–H and O–H groups in total. The molecule has 0 spiro atoms. The lowest BCUT2D eigenvalue weighted by atomic mass is 10.2. The summed E-state index contributed by atoms with van der Waals surface area (Å²) in [6, 6.07) is 11.1. The van der Waals surface area contributed by atoms with Crippen LogP contribution in [0.2, 0.25) is 0 Å². The van der Waals surface area contributed by atoms with Crippen LogP contribution in [-0.2, 0) is 6.54 Å². The van der Waals surface area contributed by atoms with Crippen LogP contribution in [-0.4, -0.2) is 33.0 Å². The quantitative estimate of drug-likeness (QED) is 0.775. The standard InChI is InChI=1S/C17H17N5O2/c1-12-16(17(23)19-11-13-7-9-18-10-8-13)20-21-22(12)14-3-5-15(24-2)6-4-14/h3-10H,11H2,1-2H3,(H,19,23). The summed E-state index contributed by atoms with van der Waals surface area (Å²) in [6.45, 7) is 2.22. The lowest BCUT2D eigenvalue weighted by Crippen LogP contribution is -2.24. The van der Waals surface area contributed by atoms with E-state index in [0.29, 0.717) is 17.9 Å². The van der Waals surface area contributed by atoms with E-state index in [9.17, 15) is 4.79 Å². The van der Waals surface area contributed by atoms with E-state index in [1.807, 2.05) is 43.3 Å². The van der Waals surface area contributed by atoms with Crippen LogP contribution in [0.15, 0.2) is 48.8 Å². The molecule has 0 radical (unpaired) electrons. The Hall–Kier alpha value is -3.22. The zero-order valence-electron chi connectivity index (χ0n) is 13.4. The lowest BCUT2D eigenvalue weighted by Gasteiger charge is -2.06. The minimum absolute atomic E-state index is 0.260. The van der Waals surface area contributed by atoms with E-state index in [4.69, 9.17) is 4.74 Å². The fourth-order valence-electron chi connectivity index (χ4n) is 2.27. The predicted molar refractivity (Wildman–Crippen MR) is 88.1 cm³/mol. The molecule has 3 aromatic rings. The molecule has 0 atom stereocenters. The molecule has 1 aromatic carbocycles. The second kappa shape index (κ2) is 6.91. The molecular weight excluding hydrogens is 306 g/mol. The Morgan fingerprint density at radius 3 is 2.54 bits per heavy atom. The van der Waals surface area contributed by atoms with Gasteiger partial charge in [0.1, 0.15) is 5.75 Å². The molecule has 7 heteroatoms. The number of carbonyl (C=O) groups is 1. The number of hydrogen-bond acceptors (Lipinski definition) is 5. The Labute approximate surface area is 139 Å². The second-order valence-electron chi connectivity index (χ2n) is 5.17. The Morgan fingerprint density at radius 1 is 1.17 bits per heavy atom. The number of nitrogens with zero attached hydrogens (tertiary/aromatic N) is 4. The Balaban J connectivity index is 1.75. The van der Waals surface area contributed by atoms with Crippen LogP contribution in [0, 0.1) is 6.92 Å². The van der Waals surface area contributed by atoms with Gasteiger partial charge in [0, 0.05) is 18.9 Å². The molecule has 3 rings (SSSR count). The number of ether oxygens (including phenoxy) is 1. The van der Waals surface area contributed by atoms with E-state index >= 15 is 0 Å². The Bertz CT molecular complexity index is 828. The molecule has 0 unspecified atom stereocenters. The summed E-state index contributed by atoms with van der Waals surface area (Å²) in [5.41, 5.74) is 2.76. The first-order valence-corrected chi connectivity index (χ1v) is 7.43. The van der Waals surface area contributed by atoms with Crippen molar-refractivity contribution in [1.29, 1.82) is 0 Å². The van der Waals surface area contributed by atoms with Crippen LogP contribution in [0.1, 0.15) is 21.7 Å². The fraction of sp³-hybridized carbons (Fsp3) is 0.176. The summed E-state index contributed by atoms with van der Waals surface area (Å²) in [5.74, 6) is 0.496. The highest BCUT2D eigenvalue weighted by Crippen LogP contribution is 2.16. The van der Waals surface area contributed by atoms with Crippen molar-refractivity contribution in [3.05, 3.63) is 65.7 Å². The van der Waals surface area contributed by atoms with Gasteiger partial charge in [0.2, 0.25) is 0 Å². The van der Waals surface area contributed by atoms with Crippen molar-refractivity contribution in [2.75, 3.05) is 7.11 Å². The highest BCUT2D eigenvalue weighted by molar-refractivity contribution is 5.93. The summed E-state index contributed by atoms with van der Waals surface area (Å²) in [5, 5.41) is 10.9. The summed E-state index contributed by atoms with van der Waals surface area (Å²) >= 11 is 0. The molecule has 0 saturated heterocycles. The first kappa shape index (κ1) is 15.7. The molecule has 0 saturated carbocycles. The van der Waals surface area contributed by atoms with Gasteiger partial charge in [-0.2, -0.15) is 0 Å². The molecule has 0 aliphatic carbocycles. The zero-order chi connectivity index (χ0) is 16.9.